The third-order valence-corrected chi connectivity index (χ3v) is 4.01. The van der Waals surface area contributed by atoms with Crippen LogP contribution in [0.5, 0.6) is 0 Å². The molecule has 3 aromatic rings. The van der Waals surface area contributed by atoms with E-state index in [9.17, 15) is 4.39 Å². The highest BCUT2D eigenvalue weighted by Gasteiger charge is 2.08. The molecule has 0 aromatic heterocycles. The van der Waals surface area contributed by atoms with Gasteiger partial charge in [0.15, 0.2) is 0 Å². The van der Waals surface area contributed by atoms with Crippen LogP contribution in [-0.4, -0.2) is 0 Å². The summed E-state index contributed by atoms with van der Waals surface area (Å²) in [4.78, 5) is 0. The number of halogens is 1. The molecule has 0 aliphatic rings. The first kappa shape index (κ1) is 14.5. The first-order valence-corrected chi connectivity index (χ1v) is 7.53. The van der Waals surface area contributed by atoms with Gasteiger partial charge in [-0.3, -0.25) is 0 Å². The summed E-state index contributed by atoms with van der Waals surface area (Å²) in [7, 11) is 0. The van der Waals surface area contributed by atoms with E-state index < -0.39 is 0 Å². The monoisotopic (exact) mass is 290 g/mol. The lowest BCUT2D eigenvalue weighted by atomic mass is 9.91. The van der Waals surface area contributed by atoms with Crippen molar-refractivity contribution >= 4 is 0 Å². The fraction of sp³-hybridized carbons (Fsp3) is 0.143. The standard InChI is InChI=1S/C21H19F/c1-15-7-8-16(2)21(13-15)20-6-4-3-5-18(20)14-17-9-11-19(22)12-10-17/h3-13H,14H2,1-2H3. The molecule has 0 saturated carbocycles. The second kappa shape index (κ2) is 6.15. The molecule has 0 bridgehead atoms. The average Bonchev–Trinajstić information content (AvgIpc) is 2.53. The van der Waals surface area contributed by atoms with E-state index in [1.807, 2.05) is 12.1 Å². The Balaban J connectivity index is 2.03. The lowest BCUT2D eigenvalue weighted by Gasteiger charge is -2.13. The lowest BCUT2D eigenvalue weighted by molar-refractivity contribution is 0.627. The van der Waals surface area contributed by atoms with Gasteiger partial charge in [0, 0.05) is 0 Å². The summed E-state index contributed by atoms with van der Waals surface area (Å²) in [6.07, 6.45) is 0.809. The van der Waals surface area contributed by atoms with E-state index in [1.165, 1.54) is 39.9 Å². The number of hydrogen-bond donors (Lipinski definition) is 0. The maximum absolute atomic E-state index is 13.1. The Bertz CT molecular complexity index is 785. The van der Waals surface area contributed by atoms with Gasteiger partial charge in [-0.25, -0.2) is 4.39 Å². The Morgan fingerprint density at radius 3 is 2.27 bits per heavy atom. The smallest absolute Gasteiger partial charge is 0.123 e. The second-order valence-electron chi connectivity index (χ2n) is 5.78. The van der Waals surface area contributed by atoms with Crippen LogP contribution in [0, 0.1) is 19.7 Å². The number of rotatable bonds is 3. The molecule has 0 amide bonds. The summed E-state index contributed by atoms with van der Waals surface area (Å²) < 4.78 is 13.1. The van der Waals surface area contributed by atoms with Crippen LogP contribution in [-0.2, 0) is 6.42 Å². The minimum absolute atomic E-state index is 0.188. The van der Waals surface area contributed by atoms with E-state index in [1.54, 1.807) is 0 Å². The summed E-state index contributed by atoms with van der Waals surface area (Å²) in [5.41, 5.74) is 7.46. The molecule has 0 fully saturated rings. The van der Waals surface area contributed by atoms with Gasteiger partial charge in [0.05, 0.1) is 0 Å². The molecule has 22 heavy (non-hydrogen) atoms. The van der Waals surface area contributed by atoms with Crippen molar-refractivity contribution in [3.63, 3.8) is 0 Å². The Morgan fingerprint density at radius 1 is 0.773 bits per heavy atom. The Hall–Kier alpha value is -2.41. The van der Waals surface area contributed by atoms with Crippen molar-refractivity contribution in [2.45, 2.75) is 20.3 Å². The maximum atomic E-state index is 13.1. The molecule has 0 saturated heterocycles. The van der Waals surface area contributed by atoms with Gasteiger partial charge in [-0.1, -0.05) is 60.2 Å². The predicted octanol–water partition coefficient (Wildman–Crippen LogP) is 5.70. The molecule has 0 atom stereocenters. The van der Waals surface area contributed by atoms with Crippen LogP contribution in [0.1, 0.15) is 22.3 Å². The Morgan fingerprint density at radius 2 is 1.50 bits per heavy atom. The number of aryl methyl sites for hydroxylation is 2. The highest BCUT2D eigenvalue weighted by atomic mass is 19.1. The fourth-order valence-electron chi connectivity index (χ4n) is 2.79. The Labute approximate surface area is 131 Å². The van der Waals surface area contributed by atoms with Crippen molar-refractivity contribution in [2.75, 3.05) is 0 Å². The van der Waals surface area contributed by atoms with Gasteiger partial charge in [0.1, 0.15) is 5.82 Å². The van der Waals surface area contributed by atoms with Crippen molar-refractivity contribution in [3.8, 4) is 11.1 Å². The number of hydrogen-bond acceptors (Lipinski definition) is 0. The van der Waals surface area contributed by atoms with E-state index >= 15 is 0 Å². The van der Waals surface area contributed by atoms with Crippen LogP contribution in [0.3, 0.4) is 0 Å². The normalized spacial score (nSPS) is 10.7. The van der Waals surface area contributed by atoms with Crippen LogP contribution in [0.25, 0.3) is 11.1 Å². The minimum atomic E-state index is -0.188. The molecule has 0 nitrogen and oxygen atoms in total. The van der Waals surface area contributed by atoms with Crippen molar-refractivity contribution in [1.82, 2.24) is 0 Å². The molecule has 0 unspecified atom stereocenters. The summed E-state index contributed by atoms with van der Waals surface area (Å²) >= 11 is 0. The molecular weight excluding hydrogens is 271 g/mol. The van der Waals surface area contributed by atoms with E-state index in [4.69, 9.17) is 0 Å². The third kappa shape index (κ3) is 3.09. The van der Waals surface area contributed by atoms with E-state index in [2.05, 4.69) is 56.3 Å². The van der Waals surface area contributed by atoms with Crippen molar-refractivity contribution in [1.29, 1.82) is 0 Å². The maximum Gasteiger partial charge on any atom is 0.123 e. The largest absolute Gasteiger partial charge is 0.207 e. The van der Waals surface area contributed by atoms with Gasteiger partial charge in [-0.05, 0) is 60.2 Å². The zero-order chi connectivity index (χ0) is 15.5. The zero-order valence-corrected chi connectivity index (χ0v) is 12.9. The molecule has 0 spiro atoms. The molecule has 0 aliphatic carbocycles. The van der Waals surface area contributed by atoms with Crippen LogP contribution in [0.2, 0.25) is 0 Å². The number of benzene rings is 3. The van der Waals surface area contributed by atoms with Crippen LogP contribution in [0.15, 0.2) is 66.7 Å². The molecule has 1 heteroatoms. The van der Waals surface area contributed by atoms with Crippen molar-refractivity contribution in [3.05, 3.63) is 94.8 Å². The molecule has 0 heterocycles. The average molecular weight is 290 g/mol. The lowest BCUT2D eigenvalue weighted by Crippen LogP contribution is -1.94. The Kier molecular flexibility index (Phi) is 4.06. The molecule has 0 aliphatic heterocycles. The zero-order valence-electron chi connectivity index (χ0n) is 12.9. The summed E-state index contributed by atoms with van der Waals surface area (Å²) in [5, 5.41) is 0. The second-order valence-corrected chi connectivity index (χ2v) is 5.78. The molecule has 3 aromatic carbocycles. The van der Waals surface area contributed by atoms with E-state index in [0.29, 0.717) is 0 Å². The van der Waals surface area contributed by atoms with Crippen LogP contribution in [0.4, 0.5) is 4.39 Å². The third-order valence-electron chi connectivity index (χ3n) is 4.01. The van der Waals surface area contributed by atoms with Gasteiger partial charge in [0.2, 0.25) is 0 Å². The summed E-state index contributed by atoms with van der Waals surface area (Å²) in [6.45, 7) is 4.26. The summed E-state index contributed by atoms with van der Waals surface area (Å²) in [6, 6.07) is 21.8. The first-order chi connectivity index (χ1) is 10.6. The first-order valence-electron chi connectivity index (χ1n) is 7.53. The van der Waals surface area contributed by atoms with Gasteiger partial charge in [0.25, 0.3) is 0 Å². The molecular formula is C21H19F. The molecule has 3 rings (SSSR count). The quantitative estimate of drug-likeness (QED) is 0.580. The van der Waals surface area contributed by atoms with Crippen molar-refractivity contribution < 1.29 is 4.39 Å². The topological polar surface area (TPSA) is 0 Å². The summed E-state index contributed by atoms with van der Waals surface area (Å²) in [5.74, 6) is -0.188. The highest BCUT2D eigenvalue weighted by molar-refractivity contribution is 5.71. The van der Waals surface area contributed by atoms with Crippen LogP contribution >= 0.6 is 0 Å². The predicted molar refractivity (Wildman–Crippen MR) is 90.6 cm³/mol. The van der Waals surface area contributed by atoms with E-state index in [-0.39, 0.29) is 5.82 Å². The van der Waals surface area contributed by atoms with Gasteiger partial charge in [-0.15, -0.1) is 0 Å². The molecule has 0 radical (unpaired) electrons. The fourth-order valence-corrected chi connectivity index (χ4v) is 2.79. The van der Waals surface area contributed by atoms with Crippen LogP contribution < -0.4 is 0 Å². The van der Waals surface area contributed by atoms with Gasteiger partial charge in [-0.2, -0.15) is 0 Å². The minimum Gasteiger partial charge on any atom is -0.207 e. The van der Waals surface area contributed by atoms with Gasteiger partial charge >= 0.3 is 0 Å². The molecule has 110 valence electrons. The molecule has 0 N–H and O–H groups in total. The van der Waals surface area contributed by atoms with Crippen molar-refractivity contribution in [2.24, 2.45) is 0 Å². The highest BCUT2D eigenvalue weighted by Crippen LogP contribution is 2.29. The van der Waals surface area contributed by atoms with Gasteiger partial charge < -0.3 is 0 Å². The SMILES string of the molecule is Cc1ccc(C)c(-c2ccccc2Cc2ccc(F)cc2)c1. The van der Waals surface area contributed by atoms with E-state index in [0.717, 1.165) is 12.0 Å².